The molecule has 0 saturated heterocycles. The summed E-state index contributed by atoms with van der Waals surface area (Å²) in [5.41, 5.74) is 2.73. The Morgan fingerprint density at radius 2 is 1.95 bits per heavy atom. The van der Waals surface area contributed by atoms with E-state index in [1.165, 1.54) is 16.1 Å². The van der Waals surface area contributed by atoms with Crippen LogP contribution in [0.1, 0.15) is 36.8 Å². The topological polar surface area (TPSA) is 15.3 Å². The van der Waals surface area contributed by atoms with Crippen molar-refractivity contribution in [1.82, 2.24) is 5.32 Å². The summed E-state index contributed by atoms with van der Waals surface area (Å²) in [7, 11) is 4.25. The van der Waals surface area contributed by atoms with Crippen LogP contribution in [0.3, 0.4) is 0 Å². The molecule has 0 radical (unpaired) electrons. The van der Waals surface area contributed by atoms with Crippen LogP contribution >= 0.6 is 11.3 Å². The zero-order valence-electron chi connectivity index (χ0n) is 13.5. The van der Waals surface area contributed by atoms with Gasteiger partial charge in [-0.2, -0.15) is 0 Å². The summed E-state index contributed by atoms with van der Waals surface area (Å²) >= 11 is 1.84. The van der Waals surface area contributed by atoms with Crippen LogP contribution in [0.15, 0.2) is 41.8 Å². The largest absolute Gasteiger partial charge is 0.371 e. The van der Waals surface area contributed by atoms with Gasteiger partial charge in [0.25, 0.3) is 0 Å². The van der Waals surface area contributed by atoms with E-state index in [-0.39, 0.29) is 0 Å². The summed E-state index contributed by atoms with van der Waals surface area (Å²) in [6, 6.07) is 14.0. The SMILES string of the molecule is CCC(NC)c1ccccc1N(C)C(C)Cc1cccs1. The molecule has 1 heterocycles. The van der Waals surface area contributed by atoms with Crippen LogP contribution in [0.5, 0.6) is 0 Å². The maximum Gasteiger partial charge on any atom is 0.0414 e. The minimum atomic E-state index is 0.414. The fourth-order valence-electron chi connectivity index (χ4n) is 2.78. The molecule has 0 saturated carbocycles. The molecule has 3 heteroatoms. The molecule has 0 bridgehead atoms. The molecular weight excluding hydrogens is 276 g/mol. The molecular formula is C18H26N2S. The number of thiophene rings is 1. The number of likely N-dealkylation sites (N-methyl/N-ethyl adjacent to an activating group) is 1. The van der Waals surface area contributed by atoms with E-state index < -0.39 is 0 Å². The number of benzene rings is 1. The Morgan fingerprint density at radius 1 is 1.19 bits per heavy atom. The number of nitrogens with one attached hydrogen (secondary N) is 1. The summed E-state index contributed by atoms with van der Waals surface area (Å²) in [6.07, 6.45) is 2.19. The third-order valence-electron chi connectivity index (χ3n) is 4.19. The Hall–Kier alpha value is -1.32. The standard InChI is InChI=1S/C18H26N2S/c1-5-17(19-3)16-10-6-7-11-18(16)20(4)14(2)13-15-9-8-12-21-15/h6-12,14,17,19H,5,13H2,1-4H3. The van der Waals surface area contributed by atoms with Crippen LogP contribution < -0.4 is 10.2 Å². The first kappa shape index (κ1) is 16.1. The molecule has 114 valence electrons. The highest BCUT2D eigenvalue weighted by atomic mass is 32.1. The summed E-state index contributed by atoms with van der Waals surface area (Å²) in [5, 5.41) is 5.58. The predicted molar refractivity (Wildman–Crippen MR) is 94.4 cm³/mol. The highest BCUT2D eigenvalue weighted by Crippen LogP contribution is 2.29. The van der Waals surface area contributed by atoms with Crippen LogP contribution in [0, 0.1) is 0 Å². The first-order valence-electron chi connectivity index (χ1n) is 7.68. The first-order chi connectivity index (χ1) is 10.2. The first-order valence-corrected chi connectivity index (χ1v) is 8.56. The number of hydrogen-bond donors (Lipinski definition) is 1. The Morgan fingerprint density at radius 3 is 2.57 bits per heavy atom. The number of rotatable bonds is 7. The zero-order valence-corrected chi connectivity index (χ0v) is 14.3. The van der Waals surface area contributed by atoms with Crippen molar-refractivity contribution in [3.8, 4) is 0 Å². The number of hydrogen-bond acceptors (Lipinski definition) is 3. The van der Waals surface area contributed by atoms with Crippen molar-refractivity contribution < 1.29 is 0 Å². The lowest BCUT2D eigenvalue weighted by atomic mass is 10.0. The highest BCUT2D eigenvalue weighted by molar-refractivity contribution is 7.09. The number of para-hydroxylation sites is 1. The molecule has 2 nitrogen and oxygen atoms in total. The molecule has 1 N–H and O–H groups in total. The van der Waals surface area contributed by atoms with Gasteiger partial charge in [-0.15, -0.1) is 11.3 Å². The third-order valence-corrected chi connectivity index (χ3v) is 5.09. The van der Waals surface area contributed by atoms with Crippen LogP contribution in [0.25, 0.3) is 0 Å². The van der Waals surface area contributed by atoms with Gasteiger partial charge in [0.05, 0.1) is 0 Å². The van der Waals surface area contributed by atoms with Gasteiger partial charge in [-0.05, 0) is 43.5 Å². The van der Waals surface area contributed by atoms with E-state index in [2.05, 4.69) is 72.9 Å². The average molecular weight is 302 g/mol. The second-order valence-corrected chi connectivity index (χ2v) is 6.58. The van der Waals surface area contributed by atoms with Gasteiger partial charge >= 0.3 is 0 Å². The summed E-state index contributed by atoms with van der Waals surface area (Å²) in [4.78, 5) is 3.86. The molecule has 21 heavy (non-hydrogen) atoms. The van der Waals surface area contributed by atoms with Gasteiger partial charge in [0.1, 0.15) is 0 Å². The molecule has 2 rings (SSSR count). The van der Waals surface area contributed by atoms with Gasteiger partial charge in [-0.3, -0.25) is 0 Å². The molecule has 1 aromatic heterocycles. The highest BCUT2D eigenvalue weighted by Gasteiger charge is 2.17. The molecule has 1 aromatic carbocycles. The zero-order chi connectivity index (χ0) is 15.2. The van der Waals surface area contributed by atoms with Crippen molar-refractivity contribution in [2.45, 2.75) is 38.8 Å². The molecule has 0 aliphatic rings. The lowest BCUT2D eigenvalue weighted by molar-refractivity contribution is 0.572. The van der Waals surface area contributed by atoms with Gasteiger partial charge in [-0.25, -0.2) is 0 Å². The van der Waals surface area contributed by atoms with Crippen molar-refractivity contribution in [2.24, 2.45) is 0 Å². The van der Waals surface area contributed by atoms with Gasteiger partial charge in [-0.1, -0.05) is 31.2 Å². The minimum absolute atomic E-state index is 0.414. The number of nitrogens with zero attached hydrogens (tertiary/aromatic N) is 1. The van der Waals surface area contributed by atoms with E-state index in [1.807, 2.05) is 18.4 Å². The molecule has 2 aromatic rings. The Kier molecular flexibility index (Phi) is 5.83. The normalized spacial score (nSPS) is 13.9. The summed E-state index contributed by atoms with van der Waals surface area (Å²) in [5.74, 6) is 0. The van der Waals surface area contributed by atoms with Crippen LogP contribution in [0.2, 0.25) is 0 Å². The van der Waals surface area contributed by atoms with Crippen molar-refractivity contribution in [1.29, 1.82) is 0 Å². The fraction of sp³-hybridized carbons (Fsp3) is 0.444. The smallest absolute Gasteiger partial charge is 0.0414 e. The Labute approximate surface area is 132 Å². The van der Waals surface area contributed by atoms with Crippen molar-refractivity contribution in [3.63, 3.8) is 0 Å². The van der Waals surface area contributed by atoms with E-state index in [9.17, 15) is 0 Å². The maximum absolute atomic E-state index is 3.42. The van der Waals surface area contributed by atoms with Crippen LogP contribution in [-0.2, 0) is 6.42 Å². The number of anilines is 1. The summed E-state index contributed by atoms with van der Waals surface area (Å²) in [6.45, 7) is 4.53. The molecule has 0 amide bonds. The second kappa shape index (κ2) is 7.62. The molecule has 0 aliphatic heterocycles. The van der Waals surface area contributed by atoms with Gasteiger partial charge in [0, 0.05) is 36.1 Å². The Bertz CT molecular complexity index is 532. The summed E-state index contributed by atoms with van der Waals surface area (Å²) < 4.78 is 0. The molecule has 0 fully saturated rings. The molecule has 2 atom stereocenters. The monoisotopic (exact) mass is 302 g/mol. The van der Waals surface area contributed by atoms with Gasteiger partial charge in [0.15, 0.2) is 0 Å². The minimum Gasteiger partial charge on any atom is -0.371 e. The lowest BCUT2D eigenvalue weighted by Gasteiger charge is -2.31. The van der Waals surface area contributed by atoms with E-state index in [4.69, 9.17) is 0 Å². The predicted octanol–water partition coefficient (Wildman–Crippen LogP) is 4.49. The second-order valence-electron chi connectivity index (χ2n) is 5.55. The Balaban J connectivity index is 2.20. The lowest BCUT2D eigenvalue weighted by Crippen LogP contribution is -2.32. The van der Waals surface area contributed by atoms with E-state index >= 15 is 0 Å². The van der Waals surface area contributed by atoms with Gasteiger partial charge < -0.3 is 10.2 Å². The average Bonchev–Trinajstić information content (AvgIpc) is 3.01. The maximum atomic E-state index is 3.42. The van der Waals surface area contributed by atoms with Gasteiger partial charge in [0.2, 0.25) is 0 Å². The van der Waals surface area contributed by atoms with Crippen molar-refractivity contribution in [3.05, 3.63) is 52.2 Å². The van der Waals surface area contributed by atoms with E-state index in [0.717, 1.165) is 12.8 Å². The van der Waals surface area contributed by atoms with Crippen LogP contribution in [-0.4, -0.2) is 20.1 Å². The van der Waals surface area contributed by atoms with Crippen molar-refractivity contribution in [2.75, 3.05) is 19.0 Å². The van der Waals surface area contributed by atoms with E-state index in [1.54, 1.807) is 0 Å². The van der Waals surface area contributed by atoms with E-state index in [0.29, 0.717) is 12.1 Å². The third kappa shape index (κ3) is 3.86. The molecule has 2 unspecified atom stereocenters. The van der Waals surface area contributed by atoms with Crippen LogP contribution in [0.4, 0.5) is 5.69 Å². The molecule has 0 aliphatic carbocycles. The molecule has 0 spiro atoms. The quantitative estimate of drug-likeness (QED) is 0.811. The fourth-order valence-corrected chi connectivity index (χ4v) is 3.60. The van der Waals surface area contributed by atoms with Crippen molar-refractivity contribution >= 4 is 17.0 Å².